The molecule has 0 saturated carbocycles. The normalized spacial score (nSPS) is 19.4. The average molecular weight is 261 g/mol. The summed E-state index contributed by atoms with van der Waals surface area (Å²) in [6.45, 7) is 5.83. The standard InChI is InChI=1S/C15H23N3O/c1-3-16-14-7-5-4-6-13(14)15(19)17-10-12-8-9-18(2)11-12/h4-7,12,16H,3,8-11H2,1-2H3,(H,17,19). The lowest BCUT2D eigenvalue weighted by Gasteiger charge is -2.14. The number of nitrogens with one attached hydrogen (secondary N) is 2. The van der Waals surface area contributed by atoms with Crippen molar-refractivity contribution in [2.75, 3.05) is 38.5 Å². The maximum Gasteiger partial charge on any atom is 0.253 e. The van der Waals surface area contributed by atoms with Crippen molar-refractivity contribution in [3.63, 3.8) is 0 Å². The summed E-state index contributed by atoms with van der Waals surface area (Å²) in [5.74, 6) is 0.603. The van der Waals surface area contributed by atoms with E-state index in [1.54, 1.807) is 0 Å². The van der Waals surface area contributed by atoms with Crippen LogP contribution in [0, 0.1) is 5.92 Å². The minimum absolute atomic E-state index is 0.0195. The van der Waals surface area contributed by atoms with Crippen LogP contribution in [-0.2, 0) is 0 Å². The van der Waals surface area contributed by atoms with Crippen molar-refractivity contribution in [2.24, 2.45) is 5.92 Å². The van der Waals surface area contributed by atoms with Gasteiger partial charge in [-0.1, -0.05) is 12.1 Å². The monoisotopic (exact) mass is 261 g/mol. The molecule has 0 bridgehead atoms. The second-order valence-electron chi connectivity index (χ2n) is 5.20. The summed E-state index contributed by atoms with van der Waals surface area (Å²) in [6.07, 6.45) is 1.17. The smallest absolute Gasteiger partial charge is 0.253 e. The molecule has 0 spiro atoms. The second kappa shape index (κ2) is 6.57. The van der Waals surface area contributed by atoms with Crippen LogP contribution in [-0.4, -0.2) is 44.0 Å². The van der Waals surface area contributed by atoms with E-state index in [0.29, 0.717) is 5.92 Å². The number of hydrogen-bond acceptors (Lipinski definition) is 3. The van der Waals surface area contributed by atoms with Gasteiger partial charge in [-0.3, -0.25) is 4.79 Å². The first-order valence-corrected chi connectivity index (χ1v) is 7.00. The minimum atomic E-state index is 0.0195. The molecule has 19 heavy (non-hydrogen) atoms. The zero-order valence-corrected chi connectivity index (χ0v) is 11.8. The maximum absolute atomic E-state index is 12.2. The molecular weight excluding hydrogens is 238 g/mol. The van der Waals surface area contributed by atoms with Gasteiger partial charge in [-0.05, 0) is 45.0 Å². The van der Waals surface area contributed by atoms with Gasteiger partial charge in [0.05, 0.1) is 5.56 Å². The summed E-state index contributed by atoms with van der Waals surface area (Å²) >= 11 is 0. The van der Waals surface area contributed by atoms with E-state index in [2.05, 4.69) is 22.6 Å². The molecule has 4 nitrogen and oxygen atoms in total. The first-order chi connectivity index (χ1) is 9.20. The molecule has 1 aromatic rings. The van der Waals surface area contributed by atoms with Gasteiger partial charge in [-0.2, -0.15) is 0 Å². The Hall–Kier alpha value is -1.55. The van der Waals surface area contributed by atoms with E-state index >= 15 is 0 Å². The number of anilines is 1. The van der Waals surface area contributed by atoms with E-state index in [0.717, 1.165) is 37.4 Å². The van der Waals surface area contributed by atoms with Gasteiger partial charge in [0.25, 0.3) is 5.91 Å². The Morgan fingerprint density at radius 2 is 2.21 bits per heavy atom. The molecule has 1 aliphatic rings. The lowest BCUT2D eigenvalue weighted by molar-refractivity contribution is 0.0948. The summed E-state index contributed by atoms with van der Waals surface area (Å²) in [5.41, 5.74) is 1.64. The molecule has 1 fully saturated rings. The summed E-state index contributed by atoms with van der Waals surface area (Å²) in [6, 6.07) is 7.66. The van der Waals surface area contributed by atoms with Gasteiger partial charge in [0.15, 0.2) is 0 Å². The van der Waals surface area contributed by atoms with Crippen molar-refractivity contribution >= 4 is 11.6 Å². The highest BCUT2D eigenvalue weighted by atomic mass is 16.1. The molecule has 2 N–H and O–H groups in total. The van der Waals surface area contributed by atoms with Crippen molar-refractivity contribution in [1.29, 1.82) is 0 Å². The van der Waals surface area contributed by atoms with E-state index in [-0.39, 0.29) is 5.91 Å². The third-order valence-corrected chi connectivity index (χ3v) is 3.58. The van der Waals surface area contributed by atoms with Crippen LogP contribution in [0.5, 0.6) is 0 Å². The van der Waals surface area contributed by atoms with Crippen LogP contribution in [0.25, 0.3) is 0 Å². The number of benzene rings is 1. The largest absolute Gasteiger partial charge is 0.385 e. The fraction of sp³-hybridized carbons (Fsp3) is 0.533. The zero-order chi connectivity index (χ0) is 13.7. The molecule has 0 aliphatic carbocycles. The van der Waals surface area contributed by atoms with Crippen LogP contribution in [0.1, 0.15) is 23.7 Å². The van der Waals surface area contributed by atoms with E-state index < -0.39 is 0 Å². The number of rotatable bonds is 5. The fourth-order valence-corrected chi connectivity index (χ4v) is 2.55. The number of amides is 1. The molecule has 1 aliphatic heterocycles. The highest BCUT2D eigenvalue weighted by Crippen LogP contribution is 2.16. The average Bonchev–Trinajstić information content (AvgIpc) is 2.83. The van der Waals surface area contributed by atoms with Crippen molar-refractivity contribution < 1.29 is 4.79 Å². The highest BCUT2D eigenvalue weighted by molar-refractivity contribution is 5.99. The van der Waals surface area contributed by atoms with Crippen molar-refractivity contribution in [2.45, 2.75) is 13.3 Å². The lowest BCUT2D eigenvalue weighted by atomic mass is 10.1. The van der Waals surface area contributed by atoms with Crippen molar-refractivity contribution in [1.82, 2.24) is 10.2 Å². The number of likely N-dealkylation sites (tertiary alicyclic amines) is 1. The molecular formula is C15H23N3O. The van der Waals surface area contributed by atoms with Crippen molar-refractivity contribution in [3.8, 4) is 0 Å². The third-order valence-electron chi connectivity index (χ3n) is 3.58. The first kappa shape index (κ1) is 13.9. The van der Waals surface area contributed by atoms with Gasteiger partial charge < -0.3 is 15.5 Å². The number of nitrogens with zero attached hydrogens (tertiary/aromatic N) is 1. The SMILES string of the molecule is CCNc1ccccc1C(=O)NCC1CCN(C)C1. The van der Waals surface area contributed by atoms with E-state index in [1.807, 2.05) is 31.2 Å². The Morgan fingerprint density at radius 3 is 2.89 bits per heavy atom. The summed E-state index contributed by atoms with van der Waals surface area (Å²) in [5, 5.41) is 6.28. The summed E-state index contributed by atoms with van der Waals surface area (Å²) in [4.78, 5) is 14.5. The van der Waals surface area contributed by atoms with Gasteiger partial charge in [-0.15, -0.1) is 0 Å². The topological polar surface area (TPSA) is 44.4 Å². The van der Waals surface area contributed by atoms with Gasteiger partial charge >= 0.3 is 0 Å². The molecule has 1 amide bonds. The molecule has 1 aromatic carbocycles. The van der Waals surface area contributed by atoms with Crippen LogP contribution in [0.3, 0.4) is 0 Å². The number of hydrogen-bond donors (Lipinski definition) is 2. The van der Waals surface area contributed by atoms with Crippen LogP contribution in [0.2, 0.25) is 0 Å². The maximum atomic E-state index is 12.2. The van der Waals surface area contributed by atoms with E-state index in [1.165, 1.54) is 6.42 Å². The Balaban J connectivity index is 1.92. The molecule has 4 heteroatoms. The van der Waals surface area contributed by atoms with Crippen LogP contribution in [0.4, 0.5) is 5.69 Å². The molecule has 1 unspecified atom stereocenters. The van der Waals surface area contributed by atoms with Crippen LogP contribution in [0.15, 0.2) is 24.3 Å². The molecule has 1 atom stereocenters. The zero-order valence-electron chi connectivity index (χ0n) is 11.8. The molecule has 1 saturated heterocycles. The van der Waals surface area contributed by atoms with Gasteiger partial charge in [0, 0.05) is 25.3 Å². The Kier molecular flexibility index (Phi) is 4.80. The number of carbonyl (C=O) groups excluding carboxylic acids is 1. The third kappa shape index (κ3) is 3.70. The molecule has 0 aromatic heterocycles. The molecule has 2 rings (SSSR count). The Labute approximate surface area is 115 Å². The highest BCUT2D eigenvalue weighted by Gasteiger charge is 2.20. The predicted molar refractivity (Wildman–Crippen MR) is 78.5 cm³/mol. The quantitative estimate of drug-likeness (QED) is 0.849. The predicted octanol–water partition coefficient (Wildman–Crippen LogP) is 1.80. The summed E-state index contributed by atoms with van der Waals surface area (Å²) in [7, 11) is 2.13. The van der Waals surface area contributed by atoms with Crippen LogP contribution >= 0.6 is 0 Å². The van der Waals surface area contributed by atoms with Gasteiger partial charge in [0.1, 0.15) is 0 Å². The van der Waals surface area contributed by atoms with Crippen LogP contribution < -0.4 is 10.6 Å². The van der Waals surface area contributed by atoms with Gasteiger partial charge in [-0.25, -0.2) is 0 Å². The Morgan fingerprint density at radius 1 is 1.42 bits per heavy atom. The second-order valence-corrected chi connectivity index (χ2v) is 5.20. The fourth-order valence-electron chi connectivity index (χ4n) is 2.55. The lowest BCUT2D eigenvalue weighted by Crippen LogP contribution is -2.31. The summed E-state index contributed by atoms with van der Waals surface area (Å²) < 4.78 is 0. The van der Waals surface area contributed by atoms with E-state index in [9.17, 15) is 4.79 Å². The molecule has 104 valence electrons. The minimum Gasteiger partial charge on any atom is -0.385 e. The van der Waals surface area contributed by atoms with Crippen molar-refractivity contribution in [3.05, 3.63) is 29.8 Å². The number of carbonyl (C=O) groups is 1. The number of para-hydroxylation sites is 1. The van der Waals surface area contributed by atoms with Gasteiger partial charge in [0.2, 0.25) is 0 Å². The molecule has 0 radical (unpaired) electrons. The molecule has 1 heterocycles. The Bertz CT molecular complexity index is 433. The van der Waals surface area contributed by atoms with E-state index in [4.69, 9.17) is 0 Å². The first-order valence-electron chi connectivity index (χ1n) is 7.00.